The largest absolute Gasteiger partial charge is 0.351 e. The summed E-state index contributed by atoms with van der Waals surface area (Å²) in [5.74, 6) is 0.574. The minimum Gasteiger partial charge on any atom is -0.351 e. The van der Waals surface area contributed by atoms with Gasteiger partial charge in [-0.25, -0.2) is 4.98 Å². The third-order valence-corrected chi connectivity index (χ3v) is 3.30. The molecular weight excluding hydrogens is 268 g/mol. The first kappa shape index (κ1) is 15.1. The van der Waals surface area contributed by atoms with Gasteiger partial charge in [-0.1, -0.05) is 13.8 Å². The van der Waals surface area contributed by atoms with E-state index in [9.17, 15) is 4.79 Å². The van der Waals surface area contributed by atoms with Gasteiger partial charge in [0.15, 0.2) is 0 Å². The van der Waals surface area contributed by atoms with Crippen molar-refractivity contribution in [1.29, 1.82) is 0 Å². The second kappa shape index (κ2) is 7.49. The predicted octanol–water partition coefficient (Wildman–Crippen LogP) is 0.734. The SMILES string of the molecule is CCN(CC)CCNC(=O)c1ccc(-n2cnnc2)nc1. The van der Waals surface area contributed by atoms with E-state index in [0.29, 0.717) is 17.9 Å². The normalized spacial score (nSPS) is 10.8. The quantitative estimate of drug-likeness (QED) is 0.813. The second-order valence-electron chi connectivity index (χ2n) is 4.56. The number of aromatic nitrogens is 4. The number of carbonyl (C=O) groups is 1. The van der Waals surface area contributed by atoms with Crippen molar-refractivity contribution >= 4 is 5.91 Å². The molecule has 0 aromatic carbocycles. The summed E-state index contributed by atoms with van der Waals surface area (Å²) in [5, 5.41) is 10.3. The first-order valence-electron chi connectivity index (χ1n) is 7.06. The standard InChI is InChI=1S/C14H20N6O/c1-3-19(4-2)8-7-15-14(21)12-5-6-13(16-9-12)20-10-17-18-11-20/h5-6,9-11H,3-4,7-8H2,1-2H3,(H,15,21). The van der Waals surface area contributed by atoms with Gasteiger partial charge in [0, 0.05) is 19.3 Å². The number of nitrogens with zero attached hydrogens (tertiary/aromatic N) is 5. The van der Waals surface area contributed by atoms with E-state index in [1.54, 1.807) is 35.6 Å². The summed E-state index contributed by atoms with van der Waals surface area (Å²) >= 11 is 0. The van der Waals surface area contributed by atoms with Gasteiger partial charge in [-0.2, -0.15) is 0 Å². The lowest BCUT2D eigenvalue weighted by Gasteiger charge is -2.17. The lowest BCUT2D eigenvalue weighted by molar-refractivity contribution is 0.0948. The van der Waals surface area contributed by atoms with Crippen LogP contribution in [0.4, 0.5) is 0 Å². The molecule has 7 nitrogen and oxygen atoms in total. The number of rotatable bonds is 7. The van der Waals surface area contributed by atoms with E-state index in [4.69, 9.17) is 0 Å². The number of nitrogens with one attached hydrogen (secondary N) is 1. The van der Waals surface area contributed by atoms with Crippen LogP contribution in [0, 0.1) is 0 Å². The smallest absolute Gasteiger partial charge is 0.252 e. The van der Waals surface area contributed by atoms with Gasteiger partial charge in [0.2, 0.25) is 0 Å². The van der Waals surface area contributed by atoms with Crippen molar-refractivity contribution in [3.05, 3.63) is 36.5 Å². The number of amides is 1. The van der Waals surface area contributed by atoms with Gasteiger partial charge in [0.25, 0.3) is 5.91 Å². The summed E-state index contributed by atoms with van der Waals surface area (Å²) in [5.41, 5.74) is 0.548. The molecule has 112 valence electrons. The summed E-state index contributed by atoms with van der Waals surface area (Å²) in [7, 11) is 0. The highest BCUT2D eigenvalue weighted by Gasteiger charge is 2.07. The highest BCUT2D eigenvalue weighted by molar-refractivity contribution is 5.93. The zero-order chi connectivity index (χ0) is 15.1. The van der Waals surface area contributed by atoms with E-state index in [1.807, 2.05) is 0 Å². The Morgan fingerprint density at radius 1 is 1.24 bits per heavy atom. The summed E-state index contributed by atoms with van der Waals surface area (Å²) in [6, 6.07) is 3.51. The number of likely N-dealkylation sites (N-methyl/N-ethyl adjacent to an activating group) is 1. The van der Waals surface area contributed by atoms with E-state index in [2.05, 4.69) is 39.2 Å². The monoisotopic (exact) mass is 288 g/mol. The zero-order valence-electron chi connectivity index (χ0n) is 12.4. The molecule has 0 aliphatic rings. The number of hydrogen-bond acceptors (Lipinski definition) is 5. The van der Waals surface area contributed by atoms with Gasteiger partial charge in [-0.3, -0.25) is 9.36 Å². The molecule has 0 unspecified atom stereocenters. The lowest BCUT2D eigenvalue weighted by atomic mass is 10.2. The maximum absolute atomic E-state index is 12.0. The van der Waals surface area contributed by atoms with E-state index in [0.717, 1.165) is 19.6 Å². The highest BCUT2D eigenvalue weighted by Crippen LogP contribution is 2.04. The second-order valence-corrected chi connectivity index (χ2v) is 4.56. The zero-order valence-corrected chi connectivity index (χ0v) is 12.4. The molecule has 0 aliphatic carbocycles. The molecule has 0 saturated heterocycles. The Labute approximate surface area is 124 Å². The molecule has 7 heteroatoms. The van der Waals surface area contributed by atoms with Crippen molar-refractivity contribution in [2.45, 2.75) is 13.8 Å². The summed E-state index contributed by atoms with van der Waals surface area (Å²) in [4.78, 5) is 18.5. The summed E-state index contributed by atoms with van der Waals surface area (Å²) < 4.78 is 1.68. The Kier molecular flexibility index (Phi) is 5.39. The third kappa shape index (κ3) is 4.09. The fraction of sp³-hybridized carbons (Fsp3) is 0.429. The lowest BCUT2D eigenvalue weighted by Crippen LogP contribution is -2.34. The molecule has 0 bridgehead atoms. The molecule has 2 aromatic heterocycles. The van der Waals surface area contributed by atoms with Gasteiger partial charge < -0.3 is 10.2 Å². The fourth-order valence-corrected chi connectivity index (χ4v) is 1.96. The molecule has 1 amide bonds. The van der Waals surface area contributed by atoms with Crippen LogP contribution in [0.1, 0.15) is 24.2 Å². The minimum absolute atomic E-state index is 0.107. The molecule has 2 rings (SSSR count). The van der Waals surface area contributed by atoms with Gasteiger partial charge in [-0.15, -0.1) is 10.2 Å². The average molecular weight is 288 g/mol. The van der Waals surface area contributed by atoms with Crippen molar-refractivity contribution in [2.75, 3.05) is 26.2 Å². The van der Waals surface area contributed by atoms with E-state index in [-0.39, 0.29) is 5.91 Å². The predicted molar refractivity (Wildman–Crippen MR) is 79.3 cm³/mol. The molecule has 1 N–H and O–H groups in total. The molecule has 21 heavy (non-hydrogen) atoms. The van der Waals surface area contributed by atoms with Crippen LogP contribution in [-0.4, -0.2) is 56.7 Å². The van der Waals surface area contributed by atoms with Gasteiger partial charge in [0.1, 0.15) is 18.5 Å². The molecule has 0 fully saturated rings. The Morgan fingerprint density at radius 2 is 1.95 bits per heavy atom. The van der Waals surface area contributed by atoms with Crippen LogP contribution >= 0.6 is 0 Å². The first-order valence-corrected chi connectivity index (χ1v) is 7.06. The van der Waals surface area contributed by atoms with Crippen molar-refractivity contribution in [3.8, 4) is 5.82 Å². The van der Waals surface area contributed by atoms with Crippen molar-refractivity contribution in [1.82, 2.24) is 30.0 Å². The van der Waals surface area contributed by atoms with Crippen molar-refractivity contribution in [2.24, 2.45) is 0 Å². The molecule has 0 aliphatic heterocycles. The average Bonchev–Trinajstić information content (AvgIpc) is 3.06. The van der Waals surface area contributed by atoms with Crippen LogP contribution in [0.25, 0.3) is 5.82 Å². The number of pyridine rings is 1. The molecule has 2 aromatic rings. The Balaban J connectivity index is 1.88. The number of hydrogen-bond donors (Lipinski definition) is 1. The molecule has 0 spiro atoms. The van der Waals surface area contributed by atoms with Crippen LogP contribution < -0.4 is 5.32 Å². The van der Waals surface area contributed by atoms with Gasteiger partial charge in [-0.05, 0) is 25.2 Å². The first-order chi connectivity index (χ1) is 10.2. The van der Waals surface area contributed by atoms with Crippen LogP contribution in [0.2, 0.25) is 0 Å². The molecule has 0 radical (unpaired) electrons. The maximum atomic E-state index is 12.0. The van der Waals surface area contributed by atoms with E-state index < -0.39 is 0 Å². The topological polar surface area (TPSA) is 75.9 Å². The summed E-state index contributed by atoms with van der Waals surface area (Å²) in [6.07, 6.45) is 4.68. The van der Waals surface area contributed by atoms with Crippen molar-refractivity contribution < 1.29 is 4.79 Å². The van der Waals surface area contributed by atoms with Crippen LogP contribution in [0.3, 0.4) is 0 Å². The third-order valence-electron chi connectivity index (χ3n) is 3.30. The fourth-order valence-electron chi connectivity index (χ4n) is 1.96. The van der Waals surface area contributed by atoms with Gasteiger partial charge >= 0.3 is 0 Å². The Bertz CT molecular complexity index is 547. The van der Waals surface area contributed by atoms with Crippen molar-refractivity contribution in [3.63, 3.8) is 0 Å². The van der Waals surface area contributed by atoms with Crippen LogP contribution in [0.5, 0.6) is 0 Å². The Morgan fingerprint density at radius 3 is 2.52 bits per heavy atom. The maximum Gasteiger partial charge on any atom is 0.252 e. The van der Waals surface area contributed by atoms with Gasteiger partial charge in [0.05, 0.1) is 5.56 Å². The molecule has 0 atom stereocenters. The van der Waals surface area contributed by atoms with Crippen LogP contribution in [-0.2, 0) is 0 Å². The molecule has 0 saturated carbocycles. The van der Waals surface area contributed by atoms with E-state index in [1.165, 1.54) is 0 Å². The van der Waals surface area contributed by atoms with Crippen LogP contribution in [0.15, 0.2) is 31.0 Å². The Hall–Kier alpha value is -2.28. The minimum atomic E-state index is -0.107. The highest BCUT2D eigenvalue weighted by atomic mass is 16.1. The molecule has 2 heterocycles. The summed E-state index contributed by atoms with van der Waals surface area (Å²) in [6.45, 7) is 7.68. The number of carbonyl (C=O) groups excluding carboxylic acids is 1. The molecular formula is C14H20N6O. The van der Waals surface area contributed by atoms with E-state index >= 15 is 0 Å².